The molecule has 0 radical (unpaired) electrons. The van der Waals surface area contributed by atoms with Gasteiger partial charge in [0, 0.05) is 6.20 Å². The second kappa shape index (κ2) is 6.66. The van der Waals surface area contributed by atoms with Gasteiger partial charge in [-0.2, -0.15) is 0 Å². The first-order chi connectivity index (χ1) is 9.25. The number of carbonyl (C=O) groups is 1. The van der Waals surface area contributed by atoms with E-state index in [0.29, 0.717) is 6.54 Å². The quantitative estimate of drug-likeness (QED) is 0.857. The Morgan fingerprint density at radius 1 is 1.16 bits per heavy atom. The van der Waals surface area contributed by atoms with Crippen molar-refractivity contribution in [1.82, 2.24) is 10.3 Å². The molecule has 1 aromatic heterocycles. The molecule has 0 fully saturated rings. The van der Waals surface area contributed by atoms with E-state index >= 15 is 0 Å². The summed E-state index contributed by atoms with van der Waals surface area (Å²) < 4.78 is 0. The number of nitrogens with zero attached hydrogens (tertiary/aromatic N) is 1. The third kappa shape index (κ3) is 4.19. The summed E-state index contributed by atoms with van der Waals surface area (Å²) in [5.41, 5.74) is 1.54. The lowest BCUT2D eigenvalue weighted by molar-refractivity contribution is -0.123. The van der Waals surface area contributed by atoms with E-state index in [2.05, 4.69) is 10.3 Å². The molecule has 19 heavy (non-hydrogen) atoms. The number of aromatic nitrogens is 1. The minimum atomic E-state index is -0.773. The Morgan fingerprint density at radius 3 is 2.58 bits per heavy atom. The van der Waals surface area contributed by atoms with Crippen LogP contribution in [0.15, 0.2) is 54.7 Å². The normalized spacial score (nSPS) is 11.8. The van der Waals surface area contributed by atoms with Crippen molar-refractivity contribution < 1.29 is 9.90 Å². The van der Waals surface area contributed by atoms with Crippen LogP contribution >= 0.6 is 0 Å². The van der Waals surface area contributed by atoms with E-state index in [1.54, 1.807) is 18.3 Å². The molecule has 0 aliphatic rings. The number of hydrogen-bond donors (Lipinski definition) is 2. The van der Waals surface area contributed by atoms with Crippen molar-refractivity contribution in [2.75, 3.05) is 0 Å². The van der Waals surface area contributed by atoms with E-state index in [4.69, 9.17) is 0 Å². The highest BCUT2D eigenvalue weighted by atomic mass is 16.3. The van der Waals surface area contributed by atoms with Crippen molar-refractivity contribution in [2.45, 2.75) is 19.1 Å². The molecule has 0 bridgehead atoms. The van der Waals surface area contributed by atoms with Crippen molar-refractivity contribution in [1.29, 1.82) is 0 Å². The number of hydrogen-bond acceptors (Lipinski definition) is 3. The minimum absolute atomic E-state index is 0.0524. The molecule has 2 N–H and O–H groups in total. The number of aliphatic hydroxyl groups excluding tert-OH is 1. The van der Waals surface area contributed by atoms with Gasteiger partial charge in [-0.25, -0.2) is 0 Å². The number of amides is 1. The third-order valence-corrected chi connectivity index (χ3v) is 2.76. The van der Waals surface area contributed by atoms with Gasteiger partial charge in [-0.15, -0.1) is 0 Å². The summed E-state index contributed by atoms with van der Waals surface area (Å²) in [6.45, 7) is 0.376. The fourth-order valence-electron chi connectivity index (χ4n) is 1.73. The summed E-state index contributed by atoms with van der Waals surface area (Å²) >= 11 is 0. The van der Waals surface area contributed by atoms with Crippen molar-refractivity contribution in [3.63, 3.8) is 0 Å². The van der Waals surface area contributed by atoms with Crippen LogP contribution in [0, 0.1) is 0 Å². The maximum atomic E-state index is 11.7. The Bertz CT molecular complexity index is 514. The Labute approximate surface area is 112 Å². The monoisotopic (exact) mass is 256 g/mol. The first-order valence-electron chi connectivity index (χ1n) is 6.15. The van der Waals surface area contributed by atoms with Crippen molar-refractivity contribution in [3.05, 3.63) is 66.0 Å². The van der Waals surface area contributed by atoms with Crippen LogP contribution in [0.2, 0.25) is 0 Å². The van der Waals surface area contributed by atoms with Crippen LogP contribution in [0.3, 0.4) is 0 Å². The predicted octanol–water partition coefficient (Wildman–Crippen LogP) is 1.82. The predicted molar refractivity (Wildman–Crippen MR) is 72.1 cm³/mol. The molecule has 0 saturated heterocycles. The third-order valence-electron chi connectivity index (χ3n) is 2.76. The van der Waals surface area contributed by atoms with Gasteiger partial charge < -0.3 is 10.4 Å². The standard InChI is InChI=1S/C15H16N2O2/c18-14(12-6-2-1-3-7-12)10-15(19)17-11-13-8-4-5-9-16-13/h1-9,14,18H,10-11H2,(H,17,19). The maximum Gasteiger partial charge on any atom is 0.223 e. The van der Waals surface area contributed by atoms with E-state index in [0.717, 1.165) is 11.3 Å². The zero-order chi connectivity index (χ0) is 13.5. The first kappa shape index (κ1) is 13.2. The molecule has 0 aliphatic heterocycles. The first-order valence-corrected chi connectivity index (χ1v) is 6.15. The summed E-state index contributed by atoms with van der Waals surface area (Å²) in [5, 5.41) is 12.6. The Hall–Kier alpha value is -2.20. The number of rotatable bonds is 5. The van der Waals surface area contributed by atoms with E-state index in [-0.39, 0.29) is 12.3 Å². The van der Waals surface area contributed by atoms with Crippen LogP contribution in [-0.2, 0) is 11.3 Å². The Morgan fingerprint density at radius 2 is 1.89 bits per heavy atom. The topological polar surface area (TPSA) is 62.2 Å². The van der Waals surface area contributed by atoms with Gasteiger partial charge in [-0.05, 0) is 17.7 Å². The summed E-state index contributed by atoms with van der Waals surface area (Å²) in [4.78, 5) is 15.8. The smallest absolute Gasteiger partial charge is 0.223 e. The SMILES string of the molecule is O=C(CC(O)c1ccccc1)NCc1ccccn1. The lowest BCUT2D eigenvalue weighted by atomic mass is 10.1. The van der Waals surface area contributed by atoms with Gasteiger partial charge >= 0.3 is 0 Å². The van der Waals surface area contributed by atoms with Crippen LogP contribution in [-0.4, -0.2) is 16.0 Å². The van der Waals surface area contributed by atoms with E-state index in [1.165, 1.54) is 0 Å². The molecule has 0 aliphatic carbocycles. The summed E-state index contributed by atoms with van der Waals surface area (Å²) in [7, 11) is 0. The molecular formula is C15H16N2O2. The molecule has 0 spiro atoms. The lowest BCUT2D eigenvalue weighted by Crippen LogP contribution is -2.24. The molecule has 4 nitrogen and oxygen atoms in total. The zero-order valence-corrected chi connectivity index (χ0v) is 10.5. The van der Waals surface area contributed by atoms with Gasteiger partial charge in [0.05, 0.1) is 24.8 Å². The number of benzene rings is 1. The fraction of sp³-hybridized carbons (Fsp3) is 0.200. The highest BCUT2D eigenvalue weighted by Gasteiger charge is 2.12. The van der Waals surface area contributed by atoms with Crippen LogP contribution < -0.4 is 5.32 Å². The number of nitrogens with one attached hydrogen (secondary N) is 1. The van der Waals surface area contributed by atoms with Crippen molar-refractivity contribution in [3.8, 4) is 0 Å². The molecule has 1 heterocycles. The summed E-state index contributed by atoms with van der Waals surface area (Å²) in [6, 6.07) is 14.7. The average Bonchev–Trinajstić information content (AvgIpc) is 2.47. The maximum absolute atomic E-state index is 11.7. The highest BCUT2D eigenvalue weighted by molar-refractivity contribution is 5.76. The Kier molecular flexibility index (Phi) is 4.64. The van der Waals surface area contributed by atoms with Gasteiger partial charge in [0.15, 0.2) is 0 Å². The van der Waals surface area contributed by atoms with Crippen molar-refractivity contribution in [2.24, 2.45) is 0 Å². The molecule has 1 aromatic carbocycles. The average molecular weight is 256 g/mol. The molecule has 2 aromatic rings. The van der Waals surface area contributed by atoms with E-state index in [9.17, 15) is 9.90 Å². The fourth-order valence-corrected chi connectivity index (χ4v) is 1.73. The molecule has 98 valence electrons. The lowest BCUT2D eigenvalue weighted by Gasteiger charge is -2.11. The Balaban J connectivity index is 1.82. The van der Waals surface area contributed by atoms with Crippen LogP contribution in [0.1, 0.15) is 23.8 Å². The molecule has 1 amide bonds. The molecule has 0 saturated carbocycles. The highest BCUT2D eigenvalue weighted by Crippen LogP contribution is 2.15. The molecule has 1 unspecified atom stereocenters. The number of carbonyl (C=O) groups excluding carboxylic acids is 1. The van der Waals surface area contributed by atoms with Gasteiger partial charge in [-0.3, -0.25) is 9.78 Å². The van der Waals surface area contributed by atoms with Gasteiger partial charge in [0.2, 0.25) is 5.91 Å². The molecular weight excluding hydrogens is 240 g/mol. The molecule has 1 atom stereocenters. The van der Waals surface area contributed by atoms with E-state index in [1.807, 2.05) is 36.4 Å². The van der Waals surface area contributed by atoms with Gasteiger partial charge in [-0.1, -0.05) is 36.4 Å². The van der Waals surface area contributed by atoms with Crippen LogP contribution in [0.25, 0.3) is 0 Å². The van der Waals surface area contributed by atoms with Crippen molar-refractivity contribution >= 4 is 5.91 Å². The summed E-state index contributed by atoms with van der Waals surface area (Å²) in [6.07, 6.45) is 0.960. The van der Waals surface area contributed by atoms with Gasteiger partial charge in [0.1, 0.15) is 0 Å². The molecule has 4 heteroatoms. The second-order valence-electron chi connectivity index (χ2n) is 4.23. The van der Waals surface area contributed by atoms with E-state index < -0.39 is 6.10 Å². The number of pyridine rings is 1. The number of aliphatic hydroxyl groups is 1. The second-order valence-corrected chi connectivity index (χ2v) is 4.23. The zero-order valence-electron chi connectivity index (χ0n) is 10.5. The molecule has 2 rings (SSSR count). The summed E-state index contributed by atoms with van der Waals surface area (Å²) in [5.74, 6) is -0.193. The minimum Gasteiger partial charge on any atom is -0.388 e. The van der Waals surface area contributed by atoms with Gasteiger partial charge in [0.25, 0.3) is 0 Å². The van der Waals surface area contributed by atoms with Crippen LogP contribution in [0.4, 0.5) is 0 Å². The largest absolute Gasteiger partial charge is 0.388 e. The van der Waals surface area contributed by atoms with Crippen LogP contribution in [0.5, 0.6) is 0 Å².